The lowest BCUT2D eigenvalue weighted by atomic mass is 10.3. The quantitative estimate of drug-likeness (QED) is 0.751. The molecule has 0 aromatic rings. The van der Waals surface area contributed by atoms with E-state index >= 15 is 0 Å². The van der Waals surface area contributed by atoms with Crippen LogP contribution < -0.4 is 0 Å². The molecule has 0 unspecified atom stereocenters. The fourth-order valence-electron chi connectivity index (χ4n) is 2.67. The van der Waals surface area contributed by atoms with Crippen LogP contribution in [0.4, 0.5) is 0 Å². The van der Waals surface area contributed by atoms with Gasteiger partial charge in [0.25, 0.3) is 0 Å². The van der Waals surface area contributed by atoms with E-state index in [0.29, 0.717) is 39.5 Å². The average Bonchev–Trinajstić information content (AvgIpc) is 2.38. The molecule has 2 fully saturated rings. The molecule has 2 saturated heterocycles. The van der Waals surface area contributed by atoms with E-state index in [1.807, 2.05) is 23.6 Å². The number of hydrogen-bond donors (Lipinski definition) is 0. The van der Waals surface area contributed by atoms with Crippen molar-refractivity contribution >= 4 is 11.8 Å². The minimum absolute atomic E-state index is 0.213. The summed E-state index contributed by atoms with van der Waals surface area (Å²) < 4.78 is 0. The average molecular weight is 268 g/mol. The van der Waals surface area contributed by atoms with Gasteiger partial charge in [-0.1, -0.05) is 13.8 Å². The Kier molecular flexibility index (Phi) is 4.76. The van der Waals surface area contributed by atoms with Gasteiger partial charge in [0.1, 0.15) is 0 Å². The first-order valence-electron chi connectivity index (χ1n) is 7.14. The van der Waals surface area contributed by atoms with E-state index in [4.69, 9.17) is 0 Å². The molecule has 0 N–H and O–H groups in total. The first kappa shape index (κ1) is 14.3. The SMILES string of the molecule is CCCC(=O)N1CN2CN(C1)CN(C(=O)CCC)C2. The van der Waals surface area contributed by atoms with Crippen LogP contribution in [-0.2, 0) is 9.59 Å². The maximum absolute atomic E-state index is 11.9. The molecule has 108 valence electrons. The smallest absolute Gasteiger partial charge is 0.224 e. The van der Waals surface area contributed by atoms with Gasteiger partial charge in [-0.05, 0) is 12.8 Å². The van der Waals surface area contributed by atoms with Gasteiger partial charge in [0.2, 0.25) is 11.8 Å². The number of carbonyl (C=O) groups excluding carboxylic acids is 2. The van der Waals surface area contributed by atoms with Gasteiger partial charge in [-0.25, -0.2) is 0 Å². The Morgan fingerprint density at radius 3 is 1.42 bits per heavy atom. The predicted octanol–water partition coefficient (Wildman–Crippen LogP) is 0.663. The zero-order valence-corrected chi connectivity index (χ0v) is 12.0. The Morgan fingerprint density at radius 2 is 1.11 bits per heavy atom. The van der Waals surface area contributed by atoms with Crippen molar-refractivity contribution < 1.29 is 9.59 Å². The Bertz CT molecular complexity index is 304. The number of nitrogens with zero attached hydrogens (tertiary/aromatic N) is 4. The van der Waals surface area contributed by atoms with Gasteiger partial charge in [-0.2, -0.15) is 0 Å². The minimum atomic E-state index is 0.213. The van der Waals surface area contributed by atoms with E-state index in [1.54, 1.807) is 0 Å². The second-order valence-corrected chi connectivity index (χ2v) is 5.42. The normalized spacial score (nSPS) is 26.4. The van der Waals surface area contributed by atoms with Crippen LogP contribution in [0.5, 0.6) is 0 Å². The molecule has 0 atom stereocenters. The molecule has 2 rings (SSSR count). The summed E-state index contributed by atoms with van der Waals surface area (Å²) in [4.78, 5) is 31.9. The first-order chi connectivity index (χ1) is 9.13. The Hall–Kier alpha value is -1.14. The maximum atomic E-state index is 11.9. The standard InChI is InChI=1S/C13H24N4O2/c1-3-5-12(18)16-8-14-7-15(9-16)11-17(10-14)13(19)6-4-2/h3-11H2,1-2H3. The lowest BCUT2D eigenvalue weighted by molar-refractivity contribution is -0.165. The number of hydrogen-bond acceptors (Lipinski definition) is 4. The van der Waals surface area contributed by atoms with Gasteiger partial charge in [-0.3, -0.25) is 19.4 Å². The zero-order chi connectivity index (χ0) is 13.8. The minimum Gasteiger partial charge on any atom is -0.317 e. The van der Waals surface area contributed by atoms with Gasteiger partial charge in [-0.15, -0.1) is 0 Å². The molecule has 19 heavy (non-hydrogen) atoms. The summed E-state index contributed by atoms with van der Waals surface area (Å²) in [7, 11) is 0. The highest BCUT2D eigenvalue weighted by molar-refractivity contribution is 5.77. The van der Waals surface area contributed by atoms with Gasteiger partial charge in [0.15, 0.2) is 0 Å². The molecule has 6 nitrogen and oxygen atoms in total. The Balaban J connectivity index is 1.91. The molecule has 0 aromatic heterocycles. The summed E-state index contributed by atoms with van der Waals surface area (Å²) in [6.45, 7) is 7.47. The number of carbonyl (C=O) groups is 2. The summed E-state index contributed by atoms with van der Waals surface area (Å²) >= 11 is 0. The lowest BCUT2D eigenvalue weighted by Crippen LogP contribution is -2.65. The van der Waals surface area contributed by atoms with Crippen molar-refractivity contribution in [2.75, 3.05) is 33.3 Å². The summed E-state index contributed by atoms with van der Waals surface area (Å²) in [5.41, 5.74) is 0. The third-order valence-corrected chi connectivity index (χ3v) is 3.52. The van der Waals surface area contributed by atoms with Crippen molar-refractivity contribution in [2.45, 2.75) is 39.5 Å². The van der Waals surface area contributed by atoms with Crippen molar-refractivity contribution in [3.05, 3.63) is 0 Å². The van der Waals surface area contributed by atoms with Crippen molar-refractivity contribution in [3.63, 3.8) is 0 Å². The molecule has 2 aliphatic rings. The van der Waals surface area contributed by atoms with Crippen LogP contribution in [0.2, 0.25) is 0 Å². The molecule has 2 heterocycles. The second-order valence-electron chi connectivity index (χ2n) is 5.42. The molecular formula is C13H24N4O2. The molecule has 0 aliphatic carbocycles. The largest absolute Gasteiger partial charge is 0.317 e. The molecule has 0 saturated carbocycles. The highest BCUT2D eigenvalue weighted by Crippen LogP contribution is 2.16. The van der Waals surface area contributed by atoms with E-state index in [-0.39, 0.29) is 11.8 Å². The summed E-state index contributed by atoms with van der Waals surface area (Å²) in [5, 5.41) is 0. The molecule has 6 heteroatoms. The fourth-order valence-corrected chi connectivity index (χ4v) is 2.67. The highest BCUT2D eigenvalue weighted by atomic mass is 16.2. The topological polar surface area (TPSA) is 47.1 Å². The lowest BCUT2D eigenvalue weighted by Gasteiger charge is -2.49. The van der Waals surface area contributed by atoms with Crippen molar-refractivity contribution in [1.82, 2.24) is 19.6 Å². The van der Waals surface area contributed by atoms with E-state index < -0.39 is 0 Å². The van der Waals surface area contributed by atoms with E-state index in [0.717, 1.165) is 19.5 Å². The fraction of sp³-hybridized carbons (Fsp3) is 0.846. The first-order valence-corrected chi connectivity index (χ1v) is 7.14. The van der Waals surface area contributed by atoms with Crippen LogP contribution in [0, 0.1) is 0 Å². The van der Waals surface area contributed by atoms with Gasteiger partial charge >= 0.3 is 0 Å². The molecule has 0 aromatic carbocycles. The van der Waals surface area contributed by atoms with Crippen molar-refractivity contribution in [3.8, 4) is 0 Å². The predicted molar refractivity (Wildman–Crippen MR) is 71.5 cm³/mol. The summed E-state index contributed by atoms with van der Waals surface area (Å²) in [6, 6.07) is 0. The third kappa shape index (κ3) is 3.45. The molecular weight excluding hydrogens is 244 g/mol. The highest BCUT2D eigenvalue weighted by Gasteiger charge is 2.33. The third-order valence-electron chi connectivity index (χ3n) is 3.52. The second kappa shape index (κ2) is 6.34. The van der Waals surface area contributed by atoms with Gasteiger partial charge in [0, 0.05) is 12.8 Å². The summed E-state index contributed by atoms with van der Waals surface area (Å²) in [5.74, 6) is 0.427. The summed E-state index contributed by atoms with van der Waals surface area (Å²) in [6.07, 6.45) is 2.99. The Labute approximate surface area is 114 Å². The number of rotatable bonds is 4. The van der Waals surface area contributed by atoms with Crippen LogP contribution in [-0.4, -0.2) is 64.8 Å². The number of fused-ring (bicyclic) bond motifs is 2. The van der Waals surface area contributed by atoms with Gasteiger partial charge < -0.3 is 9.80 Å². The van der Waals surface area contributed by atoms with Gasteiger partial charge in [0.05, 0.1) is 33.3 Å². The van der Waals surface area contributed by atoms with E-state index in [9.17, 15) is 9.59 Å². The van der Waals surface area contributed by atoms with Crippen LogP contribution in [0.25, 0.3) is 0 Å². The molecule has 2 bridgehead atoms. The Morgan fingerprint density at radius 1 is 0.737 bits per heavy atom. The van der Waals surface area contributed by atoms with Crippen molar-refractivity contribution in [1.29, 1.82) is 0 Å². The molecule has 2 amide bonds. The van der Waals surface area contributed by atoms with Crippen LogP contribution in [0.3, 0.4) is 0 Å². The van der Waals surface area contributed by atoms with Crippen LogP contribution in [0.15, 0.2) is 0 Å². The van der Waals surface area contributed by atoms with E-state index in [2.05, 4.69) is 9.80 Å². The van der Waals surface area contributed by atoms with Crippen molar-refractivity contribution in [2.24, 2.45) is 0 Å². The number of amides is 2. The molecule has 0 radical (unpaired) electrons. The van der Waals surface area contributed by atoms with E-state index in [1.165, 1.54) is 0 Å². The monoisotopic (exact) mass is 268 g/mol. The maximum Gasteiger partial charge on any atom is 0.224 e. The molecule has 0 spiro atoms. The van der Waals surface area contributed by atoms with Crippen LogP contribution >= 0.6 is 0 Å². The van der Waals surface area contributed by atoms with Crippen LogP contribution in [0.1, 0.15) is 39.5 Å². The zero-order valence-electron chi connectivity index (χ0n) is 12.0. The molecule has 2 aliphatic heterocycles.